The minimum atomic E-state index is -3.84. The summed E-state index contributed by atoms with van der Waals surface area (Å²) in [6, 6.07) is 3.50. The van der Waals surface area contributed by atoms with E-state index in [1.54, 1.807) is 0 Å². The number of rotatable bonds is 4. The third-order valence-electron chi connectivity index (χ3n) is 1.93. The van der Waals surface area contributed by atoms with Crippen molar-refractivity contribution in [3.63, 3.8) is 0 Å². The van der Waals surface area contributed by atoms with Crippen molar-refractivity contribution in [3.05, 3.63) is 33.9 Å². The minimum Gasteiger partial charge on any atom is -0.258 e. The van der Waals surface area contributed by atoms with Gasteiger partial charge in [-0.15, -0.1) is 0 Å². The highest BCUT2D eigenvalue weighted by Gasteiger charge is 2.17. The molecule has 0 aliphatic rings. The lowest BCUT2D eigenvalue weighted by atomic mass is 10.1. The molecule has 0 amide bonds. The Balaban J connectivity index is 3.36. The maximum Gasteiger partial charge on any atom is 0.269 e. The van der Waals surface area contributed by atoms with E-state index in [4.69, 9.17) is 5.14 Å². The van der Waals surface area contributed by atoms with Crippen molar-refractivity contribution in [1.82, 2.24) is 0 Å². The predicted octanol–water partition coefficient (Wildman–Crippen LogP) is 1.18. The summed E-state index contributed by atoms with van der Waals surface area (Å²) < 4.78 is 22.4. The van der Waals surface area contributed by atoms with Crippen LogP contribution in [0.1, 0.15) is 5.56 Å². The average molecular weight is 309 g/mol. The number of nitrogens with two attached hydrogens (primary N) is 1. The lowest BCUT2D eigenvalue weighted by molar-refractivity contribution is -0.385. The van der Waals surface area contributed by atoms with Crippen LogP contribution in [-0.2, 0) is 16.4 Å². The van der Waals surface area contributed by atoms with E-state index in [1.807, 2.05) is 0 Å². The molecule has 0 unspecified atom stereocenters. The highest BCUT2D eigenvalue weighted by Crippen LogP contribution is 2.21. The fourth-order valence-electron chi connectivity index (χ4n) is 1.25. The Morgan fingerprint density at radius 3 is 2.50 bits per heavy atom. The van der Waals surface area contributed by atoms with E-state index < -0.39 is 14.9 Å². The van der Waals surface area contributed by atoms with Crippen molar-refractivity contribution in [2.24, 2.45) is 5.14 Å². The van der Waals surface area contributed by atoms with E-state index in [1.165, 1.54) is 6.07 Å². The summed E-state index contributed by atoms with van der Waals surface area (Å²) in [4.78, 5) is 9.88. The molecule has 0 saturated heterocycles. The molecule has 2 N–H and O–H groups in total. The van der Waals surface area contributed by atoms with Crippen LogP contribution < -0.4 is 5.14 Å². The molecular formula is C8H9BrN2O4S. The summed E-state index contributed by atoms with van der Waals surface area (Å²) in [5.74, 6) is 0. The predicted molar refractivity (Wildman–Crippen MR) is 62.0 cm³/mol. The number of non-ortho nitro benzene ring substituents is 1. The first-order valence-corrected chi connectivity index (χ1v) is 6.89. The Kier molecular flexibility index (Phi) is 4.00. The van der Waals surface area contributed by atoms with E-state index >= 15 is 0 Å². The van der Waals surface area contributed by atoms with Gasteiger partial charge in [0.15, 0.2) is 0 Å². The molecular weight excluding hydrogens is 300 g/mol. The van der Waals surface area contributed by atoms with Crippen LogP contribution in [0.5, 0.6) is 0 Å². The second-order valence-corrected chi connectivity index (χ2v) is 5.36. The second kappa shape index (κ2) is 4.89. The fraction of sp³-hybridized carbons (Fsp3) is 0.250. The Bertz CT molecular complexity index is 515. The van der Waals surface area contributed by atoms with Gasteiger partial charge in [-0.05, 0) is 18.1 Å². The maximum atomic E-state index is 11.2. The standard InChI is InChI=1S/C8H9BrN2O4S/c9-4-3-6-5-7(11(12)13)1-2-8(6)16(10,14)15/h1-2,5H,3-4H2,(H2,10,14,15). The number of nitrogens with zero attached hydrogens (tertiary/aromatic N) is 1. The van der Waals surface area contributed by atoms with Crippen molar-refractivity contribution >= 4 is 31.6 Å². The van der Waals surface area contributed by atoms with Crippen LogP contribution in [0.4, 0.5) is 5.69 Å². The van der Waals surface area contributed by atoms with Gasteiger partial charge in [-0.1, -0.05) is 15.9 Å². The van der Waals surface area contributed by atoms with Gasteiger partial charge in [0.1, 0.15) is 0 Å². The molecule has 0 atom stereocenters. The van der Waals surface area contributed by atoms with Gasteiger partial charge in [0.05, 0.1) is 9.82 Å². The molecule has 0 saturated carbocycles. The van der Waals surface area contributed by atoms with Crippen LogP contribution in [0.25, 0.3) is 0 Å². The van der Waals surface area contributed by atoms with E-state index in [0.717, 1.165) is 12.1 Å². The van der Waals surface area contributed by atoms with Crippen LogP contribution in [0.3, 0.4) is 0 Å². The topological polar surface area (TPSA) is 103 Å². The van der Waals surface area contributed by atoms with Crippen LogP contribution >= 0.6 is 15.9 Å². The molecule has 1 aromatic carbocycles. The molecule has 1 rings (SSSR count). The lowest BCUT2D eigenvalue weighted by Crippen LogP contribution is -2.15. The van der Waals surface area contributed by atoms with Gasteiger partial charge in [0.2, 0.25) is 10.0 Å². The number of benzene rings is 1. The highest BCUT2D eigenvalue weighted by atomic mass is 79.9. The van der Waals surface area contributed by atoms with E-state index in [9.17, 15) is 18.5 Å². The monoisotopic (exact) mass is 308 g/mol. The molecule has 0 spiro atoms. The number of hydrogen-bond donors (Lipinski definition) is 1. The summed E-state index contributed by atoms with van der Waals surface area (Å²) >= 11 is 3.14. The van der Waals surface area contributed by atoms with E-state index in [-0.39, 0.29) is 10.6 Å². The van der Waals surface area contributed by atoms with Crippen LogP contribution in [0.15, 0.2) is 23.1 Å². The number of aryl methyl sites for hydroxylation is 1. The summed E-state index contributed by atoms with van der Waals surface area (Å²) in [7, 11) is -3.84. The number of hydrogen-bond acceptors (Lipinski definition) is 4. The van der Waals surface area contributed by atoms with Crippen molar-refractivity contribution in [2.45, 2.75) is 11.3 Å². The Labute approximate surface area is 101 Å². The van der Waals surface area contributed by atoms with Gasteiger partial charge in [-0.25, -0.2) is 13.6 Å². The lowest BCUT2D eigenvalue weighted by Gasteiger charge is -2.05. The number of alkyl halides is 1. The fourth-order valence-corrected chi connectivity index (χ4v) is 2.47. The van der Waals surface area contributed by atoms with E-state index in [2.05, 4.69) is 15.9 Å². The van der Waals surface area contributed by atoms with Crippen molar-refractivity contribution < 1.29 is 13.3 Å². The Hall–Kier alpha value is -0.990. The zero-order valence-electron chi connectivity index (χ0n) is 8.09. The molecule has 6 nitrogen and oxygen atoms in total. The maximum absolute atomic E-state index is 11.2. The number of primary sulfonamides is 1. The Morgan fingerprint density at radius 1 is 1.44 bits per heavy atom. The Morgan fingerprint density at radius 2 is 2.06 bits per heavy atom. The third kappa shape index (κ3) is 3.00. The van der Waals surface area contributed by atoms with Crippen LogP contribution in [-0.4, -0.2) is 18.7 Å². The molecule has 0 bridgehead atoms. The molecule has 8 heteroatoms. The SMILES string of the molecule is NS(=O)(=O)c1ccc([N+](=O)[O-])cc1CCBr. The first kappa shape index (κ1) is 13.1. The first-order valence-electron chi connectivity index (χ1n) is 4.22. The number of halogens is 1. The molecule has 0 aliphatic heterocycles. The minimum absolute atomic E-state index is 0.0717. The van der Waals surface area contributed by atoms with Crippen LogP contribution in [0.2, 0.25) is 0 Å². The normalized spacial score (nSPS) is 11.4. The van der Waals surface area contributed by atoms with Gasteiger partial charge >= 0.3 is 0 Å². The van der Waals surface area contributed by atoms with Crippen molar-refractivity contribution in [3.8, 4) is 0 Å². The van der Waals surface area contributed by atoms with Gasteiger partial charge < -0.3 is 0 Å². The zero-order chi connectivity index (χ0) is 12.3. The van der Waals surface area contributed by atoms with Crippen molar-refractivity contribution in [1.29, 1.82) is 0 Å². The summed E-state index contributed by atoms with van der Waals surface area (Å²) in [5.41, 5.74) is 0.192. The van der Waals surface area contributed by atoms with Gasteiger partial charge in [0, 0.05) is 17.5 Å². The summed E-state index contributed by atoms with van der Waals surface area (Å²) in [5, 5.41) is 16.0. The number of nitro groups is 1. The molecule has 88 valence electrons. The number of sulfonamides is 1. The first-order chi connectivity index (χ1) is 7.36. The zero-order valence-corrected chi connectivity index (χ0v) is 10.5. The van der Waals surface area contributed by atoms with Gasteiger partial charge in [-0.2, -0.15) is 0 Å². The summed E-state index contributed by atoms with van der Waals surface area (Å²) in [6.07, 6.45) is 0.355. The molecule has 16 heavy (non-hydrogen) atoms. The van der Waals surface area contributed by atoms with Crippen LogP contribution in [0, 0.1) is 10.1 Å². The molecule has 0 radical (unpaired) electrons. The molecule has 0 aliphatic carbocycles. The number of nitro benzene ring substituents is 1. The smallest absolute Gasteiger partial charge is 0.258 e. The largest absolute Gasteiger partial charge is 0.269 e. The molecule has 1 aromatic rings. The second-order valence-electron chi connectivity index (χ2n) is 3.03. The molecule has 0 fully saturated rings. The van der Waals surface area contributed by atoms with Gasteiger partial charge in [0.25, 0.3) is 5.69 Å². The highest BCUT2D eigenvalue weighted by molar-refractivity contribution is 9.09. The van der Waals surface area contributed by atoms with Crippen molar-refractivity contribution in [2.75, 3.05) is 5.33 Å². The van der Waals surface area contributed by atoms with E-state index in [0.29, 0.717) is 17.3 Å². The third-order valence-corrected chi connectivity index (χ3v) is 3.33. The molecule has 0 heterocycles. The van der Waals surface area contributed by atoms with Gasteiger partial charge in [-0.3, -0.25) is 10.1 Å². The summed E-state index contributed by atoms with van der Waals surface area (Å²) in [6.45, 7) is 0. The quantitative estimate of drug-likeness (QED) is 0.512. The molecule has 0 aromatic heterocycles. The average Bonchev–Trinajstić information content (AvgIpc) is 2.16.